The fraction of sp³-hybridized carbons (Fsp3) is 0.812. The van der Waals surface area contributed by atoms with Crippen LogP contribution in [0.4, 0.5) is 0 Å². The average Bonchev–Trinajstić information content (AvgIpc) is 3.11. The molecule has 5 nitrogen and oxygen atoms in total. The second kappa shape index (κ2) is 6.46. The van der Waals surface area contributed by atoms with Gasteiger partial charge in [0.05, 0.1) is 19.4 Å². The molecule has 0 aromatic carbocycles. The van der Waals surface area contributed by atoms with Crippen molar-refractivity contribution in [2.24, 2.45) is 5.92 Å². The zero-order valence-electron chi connectivity index (χ0n) is 13.2. The lowest BCUT2D eigenvalue weighted by molar-refractivity contribution is -0.182. The highest BCUT2D eigenvalue weighted by atomic mass is 16.7. The van der Waals surface area contributed by atoms with E-state index < -0.39 is 0 Å². The zero-order chi connectivity index (χ0) is 14.7. The SMILES string of the molecule is CC(C)n1cc(CNCC2CCC3(CC2)OCCO3)cn1. The van der Waals surface area contributed by atoms with Gasteiger partial charge in [0.25, 0.3) is 0 Å². The fourth-order valence-corrected chi connectivity index (χ4v) is 3.28. The third-order valence-electron chi connectivity index (χ3n) is 4.63. The second-order valence-electron chi connectivity index (χ2n) is 6.60. The van der Waals surface area contributed by atoms with Crippen molar-refractivity contribution in [3.63, 3.8) is 0 Å². The fourth-order valence-electron chi connectivity index (χ4n) is 3.28. The van der Waals surface area contributed by atoms with Gasteiger partial charge in [-0.05, 0) is 39.2 Å². The van der Waals surface area contributed by atoms with Gasteiger partial charge in [-0.3, -0.25) is 4.68 Å². The molecule has 5 heteroatoms. The maximum atomic E-state index is 5.78. The molecule has 1 spiro atoms. The van der Waals surface area contributed by atoms with Crippen LogP contribution in [0.2, 0.25) is 0 Å². The van der Waals surface area contributed by atoms with Gasteiger partial charge in [0, 0.05) is 37.2 Å². The molecular formula is C16H27N3O2. The lowest BCUT2D eigenvalue weighted by atomic mass is 9.85. The molecule has 1 aliphatic heterocycles. The van der Waals surface area contributed by atoms with Crippen molar-refractivity contribution in [1.29, 1.82) is 0 Å². The Labute approximate surface area is 127 Å². The van der Waals surface area contributed by atoms with Crippen LogP contribution in [0, 0.1) is 5.92 Å². The summed E-state index contributed by atoms with van der Waals surface area (Å²) in [4.78, 5) is 0. The van der Waals surface area contributed by atoms with Crippen molar-refractivity contribution >= 4 is 0 Å². The normalized spacial score (nSPS) is 22.4. The van der Waals surface area contributed by atoms with Gasteiger partial charge in [-0.25, -0.2) is 0 Å². The van der Waals surface area contributed by atoms with E-state index in [1.165, 1.54) is 18.4 Å². The minimum absolute atomic E-state index is 0.227. The second-order valence-corrected chi connectivity index (χ2v) is 6.60. The number of rotatable bonds is 5. The van der Waals surface area contributed by atoms with Crippen LogP contribution < -0.4 is 5.32 Å². The Morgan fingerprint density at radius 2 is 2.05 bits per heavy atom. The van der Waals surface area contributed by atoms with Gasteiger partial charge in [-0.2, -0.15) is 5.10 Å². The zero-order valence-corrected chi connectivity index (χ0v) is 13.2. The predicted octanol–water partition coefficient (Wildman–Crippen LogP) is 2.49. The van der Waals surface area contributed by atoms with Crippen LogP contribution in [0.5, 0.6) is 0 Å². The van der Waals surface area contributed by atoms with E-state index in [0.29, 0.717) is 6.04 Å². The highest BCUT2D eigenvalue weighted by Gasteiger charge is 2.39. The predicted molar refractivity (Wildman–Crippen MR) is 80.9 cm³/mol. The van der Waals surface area contributed by atoms with Crippen LogP contribution in [0.25, 0.3) is 0 Å². The van der Waals surface area contributed by atoms with Crippen LogP contribution in [0.3, 0.4) is 0 Å². The summed E-state index contributed by atoms with van der Waals surface area (Å²) in [7, 11) is 0. The molecule has 1 saturated carbocycles. The number of nitrogens with one attached hydrogen (secondary N) is 1. The third kappa shape index (κ3) is 3.65. The molecule has 1 aromatic heterocycles. The summed E-state index contributed by atoms with van der Waals surface area (Å²) >= 11 is 0. The first-order valence-electron chi connectivity index (χ1n) is 8.18. The molecule has 118 valence electrons. The van der Waals surface area contributed by atoms with E-state index >= 15 is 0 Å². The topological polar surface area (TPSA) is 48.3 Å². The number of hydrogen-bond acceptors (Lipinski definition) is 4. The standard InChI is InChI=1S/C16H27N3O2/c1-13(2)19-12-15(11-18-19)10-17-9-14-3-5-16(6-4-14)20-7-8-21-16/h11-14,17H,3-10H2,1-2H3. The first kappa shape index (κ1) is 15.0. The monoisotopic (exact) mass is 293 g/mol. The molecule has 2 fully saturated rings. The van der Waals surface area contributed by atoms with Crippen LogP contribution >= 0.6 is 0 Å². The Balaban J connectivity index is 1.38. The molecule has 0 radical (unpaired) electrons. The molecule has 1 aliphatic carbocycles. The van der Waals surface area contributed by atoms with Crippen LogP contribution in [0.1, 0.15) is 51.1 Å². The van der Waals surface area contributed by atoms with E-state index in [2.05, 4.69) is 30.5 Å². The quantitative estimate of drug-likeness (QED) is 0.906. The summed E-state index contributed by atoms with van der Waals surface area (Å²) in [5.74, 6) is 0.512. The molecule has 2 heterocycles. The highest BCUT2D eigenvalue weighted by Crippen LogP contribution is 2.37. The Kier molecular flexibility index (Phi) is 4.62. The largest absolute Gasteiger partial charge is 0.348 e. The summed E-state index contributed by atoms with van der Waals surface area (Å²) in [5.41, 5.74) is 1.26. The Morgan fingerprint density at radius 1 is 1.33 bits per heavy atom. The molecule has 2 aliphatic rings. The number of nitrogens with zero attached hydrogens (tertiary/aromatic N) is 2. The van der Waals surface area contributed by atoms with E-state index in [-0.39, 0.29) is 5.79 Å². The van der Waals surface area contributed by atoms with E-state index in [1.54, 1.807) is 0 Å². The van der Waals surface area contributed by atoms with Gasteiger partial charge in [-0.1, -0.05) is 0 Å². The minimum Gasteiger partial charge on any atom is -0.348 e. The third-order valence-corrected chi connectivity index (χ3v) is 4.63. The Bertz CT molecular complexity index is 442. The number of aromatic nitrogens is 2. The van der Waals surface area contributed by atoms with E-state index in [9.17, 15) is 0 Å². The first-order chi connectivity index (χ1) is 10.2. The minimum atomic E-state index is -0.227. The van der Waals surface area contributed by atoms with E-state index in [4.69, 9.17) is 9.47 Å². The lowest BCUT2D eigenvalue weighted by Crippen LogP contribution is -2.37. The van der Waals surface area contributed by atoms with Crippen LogP contribution in [-0.2, 0) is 16.0 Å². The Morgan fingerprint density at radius 3 is 2.67 bits per heavy atom. The van der Waals surface area contributed by atoms with E-state index in [1.807, 2.05) is 10.9 Å². The molecule has 0 amide bonds. The molecule has 3 rings (SSSR count). The molecule has 0 unspecified atom stereocenters. The molecule has 1 saturated heterocycles. The smallest absolute Gasteiger partial charge is 0.168 e. The summed E-state index contributed by atoms with van der Waals surface area (Å²) in [6, 6.07) is 0.430. The molecule has 0 bridgehead atoms. The van der Waals surface area contributed by atoms with Crippen molar-refractivity contribution in [3.05, 3.63) is 18.0 Å². The van der Waals surface area contributed by atoms with Gasteiger partial charge in [0.1, 0.15) is 0 Å². The van der Waals surface area contributed by atoms with E-state index in [0.717, 1.165) is 45.1 Å². The summed E-state index contributed by atoms with van der Waals surface area (Å²) in [6.45, 7) is 7.81. The first-order valence-corrected chi connectivity index (χ1v) is 8.18. The molecule has 21 heavy (non-hydrogen) atoms. The summed E-state index contributed by atoms with van der Waals surface area (Å²) in [5, 5.41) is 7.94. The molecular weight excluding hydrogens is 266 g/mol. The highest BCUT2D eigenvalue weighted by molar-refractivity contribution is 5.03. The molecule has 1 N–H and O–H groups in total. The van der Waals surface area contributed by atoms with Crippen molar-refractivity contribution in [2.75, 3.05) is 19.8 Å². The van der Waals surface area contributed by atoms with Crippen molar-refractivity contribution in [1.82, 2.24) is 15.1 Å². The summed E-state index contributed by atoms with van der Waals surface area (Å²) < 4.78 is 13.6. The maximum absolute atomic E-state index is 5.78. The summed E-state index contributed by atoms with van der Waals surface area (Å²) in [6.07, 6.45) is 8.57. The van der Waals surface area contributed by atoms with Gasteiger partial charge in [0.2, 0.25) is 0 Å². The van der Waals surface area contributed by atoms with Gasteiger partial charge < -0.3 is 14.8 Å². The van der Waals surface area contributed by atoms with Gasteiger partial charge in [-0.15, -0.1) is 0 Å². The van der Waals surface area contributed by atoms with Gasteiger partial charge in [0.15, 0.2) is 5.79 Å². The Hall–Kier alpha value is -0.910. The van der Waals surface area contributed by atoms with Crippen LogP contribution in [-0.4, -0.2) is 35.3 Å². The van der Waals surface area contributed by atoms with Crippen molar-refractivity contribution in [2.45, 2.75) is 57.9 Å². The maximum Gasteiger partial charge on any atom is 0.168 e. The van der Waals surface area contributed by atoms with Crippen molar-refractivity contribution in [3.8, 4) is 0 Å². The lowest BCUT2D eigenvalue weighted by Gasteiger charge is -2.35. The average molecular weight is 293 g/mol. The van der Waals surface area contributed by atoms with Crippen LogP contribution in [0.15, 0.2) is 12.4 Å². The number of ether oxygens (including phenoxy) is 2. The van der Waals surface area contributed by atoms with Crippen molar-refractivity contribution < 1.29 is 9.47 Å². The number of hydrogen-bond donors (Lipinski definition) is 1. The molecule has 0 atom stereocenters. The molecule has 1 aromatic rings. The van der Waals surface area contributed by atoms with Gasteiger partial charge >= 0.3 is 0 Å².